The molecule has 0 spiro atoms. The average molecular weight is 621 g/mol. The normalized spacial score (nSPS) is 20.6. The Hall–Kier alpha value is -3.39. The minimum Gasteiger partial charge on any atom is -0.462 e. The van der Waals surface area contributed by atoms with Crippen LogP contribution in [0.4, 0.5) is 10.2 Å². The van der Waals surface area contributed by atoms with Crippen LogP contribution >= 0.6 is 23.4 Å². The summed E-state index contributed by atoms with van der Waals surface area (Å²) in [5.41, 5.74) is 2.44. The summed E-state index contributed by atoms with van der Waals surface area (Å²) in [7, 11) is 2.07. The lowest BCUT2D eigenvalue weighted by molar-refractivity contribution is -0.128. The molecule has 2 fully saturated rings. The van der Waals surface area contributed by atoms with Gasteiger partial charge in [0.05, 0.1) is 23.6 Å². The summed E-state index contributed by atoms with van der Waals surface area (Å²) in [4.78, 5) is 28.9. The zero-order chi connectivity index (χ0) is 30.1. The van der Waals surface area contributed by atoms with Crippen molar-refractivity contribution < 1.29 is 13.9 Å². The highest BCUT2D eigenvalue weighted by Crippen LogP contribution is 2.44. The Balaban J connectivity index is 1.46. The highest BCUT2D eigenvalue weighted by atomic mass is 35.5. The van der Waals surface area contributed by atoms with E-state index in [1.54, 1.807) is 22.7 Å². The predicted molar refractivity (Wildman–Crippen MR) is 168 cm³/mol. The predicted octanol–water partition coefficient (Wildman–Crippen LogP) is 5.72. The second kappa shape index (κ2) is 12.7. The van der Waals surface area contributed by atoms with Crippen LogP contribution < -0.4 is 9.64 Å². The number of piperazine rings is 1. The van der Waals surface area contributed by atoms with Gasteiger partial charge in [-0.25, -0.2) is 4.39 Å². The molecule has 3 aliphatic rings. The maximum atomic E-state index is 16.8. The number of likely N-dealkylation sites (tertiary alicyclic amines) is 1. The van der Waals surface area contributed by atoms with Crippen molar-refractivity contribution in [1.82, 2.24) is 19.8 Å². The number of ether oxygens (including phenoxy) is 1. The van der Waals surface area contributed by atoms with E-state index in [1.165, 1.54) is 11.6 Å². The van der Waals surface area contributed by atoms with Crippen LogP contribution in [0.3, 0.4) is 0 Å². The number of benzene rings is 2. The number of hydrogen-bond acceptors (Lipinski definition) is 8. The fraction of sp³-hybridized carbons (Fsp3) is 0.438. The van der Waals surface area contributed by atoms with E-state index < -0.39 is 5.82 Å². The summed E-state index contributed by atoms with van der Waals surface area (Å²) >= 11 is 8.63. The molecule has 8 nitrogen and oxygen atoms in total. The van der Waals surface area contributed by atoms with Crippen molar-refractivity contribution in [2.75, 3.05) is 50.5 Å². The number of likely N-dealkylation sites (N-methyl/N-ethyl adjacent to an activating group) is 1. The number of thioether (sulfide) groups is 1. The van der Waals surface area contributed by atoms with Crippen LogP contribution in [0.25, 0.3) is 22.0 Å². The van der Waals surface area contributed by atoms with Gasteiger partial charge in [0.1, 0.15) is 17.9 Å². The Kier molecular flexibility index (Phi) is 8.75. The van der Waals surface area contributed by atoms with Crippen molar-refractivity contribution in [2.45, 2.75) is 49.1 Å². The van der Waals surface area contributed by atoms with E-state index in [9.17, 15) is 10.1 Å². The van der Waals surface area contributed by atoms with Gasteiger partial charge in [0, 0.05) is 47.1 Å². The van der Waals surface area contributed by atoms with Crippen LogP contribution in [0, 0.1) is 17.1 Å². The zero-order valence-corrected chi connectivity index (χ0v) is 25.8. The number of fused-ring (bicyclic) bond motifs is 2. The molecule has 3 aromatic rings. The van der Waals surface area contributed by atoms with Crippen LogP contribution in [-0.4, -0.2) is 83.3 Å². The number of carbonyl (C=O) groups is 1. The van der Waals surface area contributed by atoms with Crippen LogP contribution in [0.5, 0.6) is 6.01 Å². The molecule has 1 amide bonds. The fourth-order valence-corrected chi connectivity index (χ4v) is 7.86. The summed E-state index contributed by atoms with van der Waals surface area (Å²) in [5.74, 6) is 0.716. The number of nitriles is 1. The molecule has 224 valence electrons. The minimum atomic E-state index is -0.511. The van der Waals surface area contributed by atoms with E-state index in [0.717, 1.165) is 48.4 Å². The second-order valence-electron chi connectivity index (χ2n) is 11.3. The number of amides is 1. The first-order valence-corrected chi connectivity index (χ1v) is 16.1. The van der Waals surface area contributed by atoms with Crippen molar-refractivity contribution in [2.24, 2.45) is 0 Å². The molecular formula is C32H34ClFN6O2S. The monoisotopic (exact) mass is 620 g/mol. The Labute approximate surface area is 260 Å². The smallest absolute Gasteiger partial charge is 0.319 e. The molecule has 4 heterocycles. The average Bonchev–Trinajstić information content (AvgIpc) is 3.44. The van der Waals surface area contributed by atoms with E-state index in [4.69, 9.17) is 21.3 Å². The number of hydrogen-bond donors (Lipinski definition) is 0. The summed E-state index contributed by atoms with van der Waals surface area (Å²) < 4.78 is 22.9. The van der Waals surface area contributed by atoms with Gasteiger partial charge in [-0.15, -0.1) is 11.8 Å². The molecule has 0 unspecified atom stereocenters. The minimum absolute atomic E-state index is 0.0980. The van der Waals surface area contributed by atoms with Crippen LogP contribution in [-0.2, 0) is 11.2 Å². The van der Waals surface area contributed by atoms with Gasteiger partial charge < -0.3 is 19.4 Å². The van der Waals surface area contributed by atoms with Gasteiger partial charge in [-0.3, -0.25) is 4.79 Å². The lowest BCUT2D eigenvalue weighted by Crippen LogP contribution is -2.55. The lowest BCUT2D eigenvalue weighted by atomic mass is 9.98. The third-order valence-corrected chi connectivity index (χ3v) is 10.2. The van der Waals surface area contributed by atoms with Crippen molar-refractivity contribution in [3.8, 4) is 23.2 Å². The van der Waals surface area contributed by atoms with E-state index in [0.29, 0.717) is 43.0 Å². The first kappa shape index (κ1) is 29.7. The van der Waals surface area contributed by atoms with Crippen molar-refractivity contribution >= 4 is 46.0 Å². The maximum absolute atomic E-state index is 16.8. The zero-order valence-electron chi connectivity index (χ0n) is 24.2. The number of aryl methyl sites for hydroxylation is 1. The van der Waals surface area contributed by atoms with E-state index >= 15 is 4.39 Å². The molecule has 0 saturated carbocycles. The third kappa shape index (κ3) is 5.78. The largest absolute Gasteiger partial charge is 0.462 e. The van der Waals surface area contributed by atoms with E-state index in [-0.39, 0.29) is 41.0 Å². The molecule has 6 rings (SSSR count). The Morgan fingerprint density at radius 1 is 1.28 bits per heavy atom. The Morgan fingerprint density at radius 3 is 2.91 bits per heavy atom. The van der Waals surface area contributed by atoms with Crippen molar-refractivity contribution in [1.29, 1.82) is 5.26 Å². The number of rotatable bonds is 7. The third-order valence-electron chi connectivity index (χ3n) is 8.69. The molecule has 2 aromatic carbocycles. The van der Waals surface area contributed by atoms with Crippen LogP contribution in [0.2, 0.25) is 5.02 Å². The van der Waals surface area contributed by atoms with Crippen LogP contribution in [0.1, 0.15) is 31.2 Å². The highest BCUT2D eigenvalue weighted by Gasteiger charge is 2.32. The van der Waals surface area contributed by atoms with Gasteiger partial charge in [0.15, 0.2) is 5.82 Å². The Morgan fingerprint density at radius 2 is 2.14 bits per heavy atom. The second-order valence-corrected chi connectivity index (χ2v) is 12.8. The first-order chi connectivity index (χ1) is 20.9. The molecule has 0 radical (unpaired) electrons. The van der Waals surface area contributed by atoms with E-state index in [2.05, 4.69) is 35.6 Å². The van der Waals surface area contributed by atoms with Gasteiger partial charge in [-0.2, -0.15) is 15.2 Å². The molecule has 11 heteroatoms. The van der Waals surface area contributed by atoms with Gasteiger partial charge >= 0.3 is 6.01 Å². The fourth-order valence-electron chi connectivity index (χ4n) is 6.39. The number of halogens is 2. The Bertz CT molecular complexity index is 1610. The summed E-state index contributed by atoms with van der Waals surface area (Å²) in [6.45, 7) is 6.15. The topological polar surface area (TPSA) is 85.6 Å². The lowest BCUT2D eigenvalue weighted by Gasteiger charge is -2.41. The molecule has 0 aliphatic carbocycles. The molecule has 0 bridgehead atoms. The summed E-state index contributed by atoms with van der Waals surface area (Å²) in [6.07, 6.45) is 5.55. The standard InChI is InChI=1S/C32H34ClFN6O2S/c1-3-26(41)40-15-14-39(18-21(40)11-12-35)31-24-17-25(33)27(23-10-4-7-20-8-6-16-43-30(20)23)28(34)29(24)36-32(37-31)42-19-22-9-5-13-38(22)2/h3-4,7,10,17,21-22H,1,5-6,8-9,11,13-16,18-19H2,2H3/t21-,22-/m0/s1. The van der Waals surface area contributed by atoms with Gasteiger partial charge in [0.25, 0.3) is 0 Å². The summed E-state index contributed by atoms with van der Waals surface area (Å²) in [5, 5.41) is 10.3. The number of carbonyl (C=O) groups excluding carboxylic acids is 1. The van der Waals surface area contributed by atoms with Crippen molar-refractivity contribution in [3.05, 3.63) is 53.3 Å². The molecule has 0 N–H and O–H groups in total. The highest BCUT2D eigenvalue weighted by molar-refractivity contribution is 7.99. The number of anilines is 1. The molecule has 2 saturated heterocycles. The van der Waals surface area contributed by atoms with E-state index in [1.807, 2.05) is 17.0 Å². The molecule has 43 heavy (non-hydrogen) atoms. The van der Waals surface area contributed by atoms with Gasteiger partial charge in [-0.05, 0) is 62.7 Å². The van der Waals surface area contributed by atoms with Crippen LogP contribution in [0.15, 0.2) is 41.8 Å². The summed E-state index contributed by atoms with van der Waals surface area (Å²) in [6, 6.07) is 9.86. The van der Waals surface area contributed by atoms with Crippen molar-refractivity contribution in [3.63, 3.8) is 0 Å². The first-order valence-electron chi connectivity index (χ1n) is 14.7. The number of nitrogens with zero attached hydrogens (tertiary/aromatic N) is 6. The molecule has 1 aromatic heterocycles. The molecule has 3 aliphatic heterocycles. The molecule has 2 atom stereocenters. The number of aromatic nitrogens is 2. The SMILES string of the molecule is C=CC(=O)N1CCN(c2nc(OC[C@@H]3CCCN3C)nc3c(F)c(-c4cccc5c4SCCC5)c(Cl)cc23)C[C@@H]1CC#N. The maximum Gasteiger partial charge on any atom is 0.319 e. The van der Waals surface area contributed by atoms with Gasteiger partial charge in [-0.1, -0.05) is 36.4 Å². The van der Waals surface area contributed by atoms with Gasteiger partial charge in [0.2, 0.25) is 5.91 Å². The molecular weight excluding hydrogens is 587 g/mol. The quantitative estimate of drug-likeness (QED) is 0.310.